The van der Waals surface area contributed by atoms with Gasteiger partial charge in [0.2, 0.25) is 0 Å². The number of fused-ring (bicyclic) bond motifs is 18. The topological polar surface area (TPSA) is 56.4 Å². The van der Waals surface area contributed by atoms with E-state index >= 15 is 0 Å². The molecule has 508 valence electrons. The first-order chi connectivity index (χ1) is 54.0. The molecule has 0 saturated heterocycles. The van der Waals surface area contributed by atoms with Crippen LogP contribution in [0.2, 0.25) is 5.15 Å². The third kappa shape index (κ3) is 10.1. The molecule has 6 nitrogen and oxygen atoms in total. The summed E-state index contributed by atoms with van der Waals surface area (Å²) in [6, 6.07) is 135. The van der Waals surface area contributed by atoms with Gasteiger partial charge in [-0.3, -0.25) is 4.57 Å². The number of aromatic nitrogens is 6. The summed E-state index contributed by atoms with van der Waals surface area (Å²) in [4.78, 5) is 13.4. The predicted molar refractivity (Wildman–Crippen MR) is 458 cm³/mol. The molecule has 6 aromatic heterocycles. The molecule has 0 fully saturated rings. The fraction of sp³-hybridized carbons (Fsp3) is 0. The molecule has 6 heterocycles. The van der Waals surface area contributed by atoms with E-state index in [4.69, 9.17) is 16.6 Å². The van der Waals surface area contributed by atoms with Crippen LogP contribution in [0.3, 0.4) is 0 Å². The Kier molecular flexibility index (Phi) is 14.3. The molecular formula is C102H63ClN6. The lowest BCUT2D eigenvalue weighted by Crippen LogP contribution is -1.98. The number of hydrogen-bond donors (Lipinski definition) is 1. The minimum Gasteiger partial charge on any atom is -0.355 e. The molecule has 2 aliphatic carbocycles. The molecule has 0 radical (unpaired) electrons. The van der Waals surface area contributed by atoms with Gasteiger partial charge in [-0.15, -0.1) is 0 Å². The molecule has 109 heavy (non-hydrogen) atoms. The van der Waals surface area contributed by atoms with E-state index in [0.29, 0.717) is 5.15 Å². The van der Waals surface area contributed by atoms with Crippen molar-refractivity contribution in [3.05, 3.63) is 381 Å². The molecule has 0 spiro atoms. The van der Waals surface area contributed by atoms with Crippen LogP contribution >= 0.6 is 11.6 Å². The Hall–Kier alpha value is -14.2. The number of aromatic amines is 1. The molecule has 0 aliphatic heterocycles. The Morgan fingerprint density at radius 1 is 0.220 bits per heavy atom. The Morgan fingerprint density at radius 2 is 0.587 bits per heavy atom. The molecule has 0 bridgehead atoms. The van der Waals surface area contributed by atoms with Crippen LogP contribution in [0.4, 0.5) is 0 Å². The van der Waals surface area contributed by atoms with Crippen molar-refractivity contribution < 1.29 is 0 Å². The first kappa shape index (κ1) is 62.2. The van der Waals surface area contributed by atoms with Gasteiger partial charge in [0.1, 0.15) is 11.0 Å². The number of hydrogen-bond acceptors (Lipinski definition) is 2. The molecule has 0 amide bonds. The molecule has 0 atom stereocenters. The summed E-state index contributed by atoms with van der Waals surface area (Å²) in [6.45, 7) is 0. The van der Waals surface area contributed by atoms with Crippen molar-refractivity contribution in [1.82, 2.24) is 28.7 Å². The van der Waals surface area contributed by atoms with Crippen LogP contribution in [0.1, 0.15) is 0 Å². The van der Waals surface area contributed by atoms with Gasteiger partial charge in [0.15, 0.2) is 0 Å². The number of rotatable bonds is 7. The number of halogens is 1. The number of H-pyrrole nitrogens is 1. The van der Waals surface area contributed by atoms with Gasteiger partial charge in [-0.1, -0.05) is 266 Å². The van der Waals surface area contributed by atoms with Gasteiger partial charge < -0.3 is 14.1 Å². The summed E-state index contributed by atoms with van der Waals surface area (Å²) in [5.41, 5.74) is 30.9. The largest absolute Gasteiger partial charge is 0.355 e. The van der Waals surface area contributed by atoms with Crippen molar-refractivity contribution in [1.29, 1.82) is 0 Å². The van der Waals surface area contributed by atoms with Crippen molar-refractivity contribution in [3.63, 3.8) is 0 Å². The molecule has 2 aliphatic rings. The summed E-state index contributed by atoms with van der Waals surface area (Å²) < 4.78 is 7.13. The van der Waals surface area contributed by atoms with E-state index in [1.165, 1.54) is 181 Å². The zero-order valence-corrected chi connectivity index (χ0v) is 59.7. The second-order valence-corrected chi connectivity index (χ2v) is 28.9. The summed E-state index contributed by atoms with van der Waals surface area (Å²) in [5, 5.41) is 15.6. The van der Waals surface area contributed by atoms with Crippen molar-refractivity contribution >= 4 is 120 Å². The highest BCUT2D eigenvalue weighted by atomic mass is 35.5. The van der Waals surface area contributed by atoms with Crippen molar-refractivity contribution in [3.8, 4) is 106 Å². The van der Waals surface area contributed by atoms with Crippen LogP contribution in [-0.2, 0) is 0 Å². The first-order valence-electron chi connectivity index (χ1n) is 37.1. The average Bonchev–Trinajstić information content (AvgIpc) is 1.59. The first-order valence-corrected chi connectivity index (χ1v) is 37.5. The third-order valence-electron chi connectivity index (χ3n) is 22.5. The Balaban J connectivity index is 0.000000115. The van der Waals surface area contributed by atoms with Crippen LogP contribution in [0.15, 0.2) is 376 Å². The predicted octanol–water partition coefficient (Wildman–Crippen LogP) is 27.7. The molecule has 7 heteroatoms. The highest BCUT2D eigenvalue weighted by Crippen LogP contribution is 2.49. The van der Waals surface area contributed by atoms with Crippen molar-refractivity contribution in [2.24, 2.45) is 0 Å². The number of benzene rings is 16. The summed E-state index contributed by atoms with van der Waals surface area (Å²) in [5.74, 6) is 0.933. The SMILES string of the molecule is Clc1ccc2c(n1)-c1cccc3cccc-2c13.c1ccc(-c2cccc(-n3c4ccccc4c4cc(-c5ccc6[nH]c7ccccc7c6c5)ccc43)c2)cc1.c1ccc(-c2cccc(-n3c4ccccc4c4cc(-c5ccc6c(c5)c5ccccc5n6-c5ccc6c(n5)-c5cccc7cccc-6c57)ccc43)c2)cc1. The number of para-hydroxylation sites is 4. The fourth-order valence-electron chi connectivity index (χ4n) is 17.6. The molecule has 1 N–H and O–H groups in total. The maximum Gasteiger partial charge on any atom is 0.138 e. The lowest BCUT2D eigenvalue weighted by atomic mass is 10.0. The van der Waals surface area contributed by atoms with E-state index in [1.807, 2.05) is 6.07 Å². The second-order valence-electron chi connectivity index (χ2n) is 28.5. The lowest BCUT2D eigenvalue weighted by molar-refractivity contribution is 1.09. The summed E-state index contributed by atoms with van der Waals surface area (Å²) in [6.07, 6.45) is 0. The fourth-order valence-corrected chi connectivity index (χ4v) is 17.7. The van der Waals surface area contributed by atoms with E-state index < -0.39 is 0 Å². The normalized spacial score (nSPS) is 11.9. The van der Waals surface area contributed by atoms with E-state index in [9.17, 15) is 0 Å². The molecular weight excluding hydrogens is 1340 g/mol. The molecule has 24 rings (SSSR count). The van der Waals surface area contributed by atoms with Crippen LogP contribution in [0.5, 0.6) is 0 Å². The quantitative estimate of drug-likeness (QED) is 0.162. The van der Waals surface area contributed by atoms with Crippen LogP contribution < -0.4 is 0 Å². The zero-order chi connectivity index (χ0) is 71.8. The van der Waals surface area contributed by atoms with E-state index in [-0.39, 0.29) is 0 Å². The third-order valence-corrected chi connectivity index (χ3v) is 22.7. The smallest absolute Gasteiger partial charge is 0.138 e. The second kappa shape index (κ2) is 25.0. The van der Waals surface area contributed by atoms with Crippen LogP contribution in [0, 0.1) is 0 Å². The van der Waals surface area contributed by atoms with Gasteiger partial charge in [-0.25, -0.2) is 9.97 Å². The van der Waals surface area contributed by atoms with Gasteiger partial charge in [-0.05, 0) is 199 Å². The monoisotopic (exact) mass is 1410 g/mol. The Labute approximate surface area is 632 Å². The number of pyridine rings is 2. The average molecular weight is 1410 g/mol. The standard InChI is InChI=1S/C51H31N3.C36H24N2.C15H8ClN/c1-2-11-32(12-3-1)34-15-8-16-37(29-34)53-45-21-6-4-17-38(45)43-30-35(23-26-47(43)53)36-24-27-48-44(31-36)39-18-5-7-22-46(39)54(48)49-28-25-41-40-19-9-13-33-14-10-20-42(50(33)40)51(41)52-49;1-2-9-24(10-3-1)25-11-8-12-28(21-25)38-35-16-7-5-14-30(35)32-23-27(18-20-36(32)38)26-17-19-34-31(22-26)29-13-4-6-15-33(29)37-34;16-13-8-7-11-10-5-1-3-9-4-2-6-12(14(9)10)15(11)17-13/h1-31H;1-23,37H;1-8H. The zero-order valence-electron chi connectivity index (χ0n) is 58.9. The highest BCUT2D eigenvalue weighted by molar-refractivity contribution is 6.30. The van der Waals surface area contributed by atoms with E-state index in [2.05, 4.69) is 394 Å². The maximum absolute atomic E-state index is 5.99. The summed E-state index contributed by atoms with van der Waals surface area (Å²) in [7, 11) is 0. The molecule has 0 unspecified atom stereocenters. The van der Waals surface area contributed by atoms with Crippen LogP contribution in [0.25, 0.3) is 215 Å². The minimum absolute atomic E-state index is 0.550. The molecule has 0 saturated carbocycles. The maximum atomic E-state index is 5.99. The van der Waals surface area contributed by atoms with Crippen LogP contribution in [-0.4, -0.2) is 28.7 Å². The molecule has 22 aromatic rings. The highest BCUT2D eigenvalue weighted by Gasteiger charge is 2.26. The Bertz CT molecular complexity index is 7490. The molecule has 16 aromatic carbocycles. The minimum atomic E-state index is 0.550. The van der Waals surface area contributed by atoms with Crippen molar-refractivity contribution in [2.45, 2.75) is 0 Å². The van der Waals surface area contributed by atoms with E-state index in [0.717, 1.165) is 33.9 Å². The van der Waals surface area contributed by atoms with Gasteiger partial charge >= 0.3 is 0 Å². The van der Waals surface area contributed by atoms with Crippen molar-refractivity contribution in [2.75, 3.05) is 0 Å². The van der Waals surface area contributed by atoms with Gasteiger partial charge in [0.05, 0.1) is 44.5 Å². The van der Waals surface area contributed by atoms with Gasteiger partial charge in [0.25, 0.3) is 0 Å². The van der Waals surface area contributed by atoms with Gasteiger partial charge in [-0.2, -0.15) is 0 Å². The summed E-state index contributed by atoms with van der Waals surface area (Å²) >= 11 is 5.99. The number of nitrogens with one attached hydrogen (secondary N) is 1. The van der Waals surface area contributed by atoms with E-state index in [1.54, 1.807) is 0 Å². The lowest BCUT2D eigenvalue weighted by Gasteiger charge is -2.11. The van der Waals surface area contributed by atoms with Gasteiger partial charge in [0, 0.05) is 87.8 Å². The Morgan fingerprint density at radius 3 is 1.10 bits per heavy atom. The number of nitrogens with zero attached hydrogens (tertiary/aromatic N) is 5.